The molecule has 2 aromatic rings. The van der Waals surface area contributed by atoms with E-state index in [-0.39, 0.29) is 24.6 Å². The van der Waals surface area contributed by atoms with Crippen LogP contribution in [0.4, 0.5) is 0 Å². The lowest BCUT2D eigenvalue weighted by Crippen LogP contribution is -2.40. The van der Waals surface area contributed by atoms with E-state index in [4.69, 9.17) is 4.74 Å². The molecule has 24 heavy (non-hydrogen) atoms. The van der Waals surface area contributed by atoms with Crippen LogP contribution in [0.5, 0.6) is 0 Å². The van der Waals surface area contributed by atoms with Gasteiger partial charge in [-0.15, -0.1) is 11.3 Å². The van der Waals surface area contributed by atoms with Crippen molar-refractivity contribution < 1.29 is 14.3 Å². The van der Waals surface area contributed by atoms with Crippen LogP contribution >= 0.6 is 11.3 Å². The zero-order valence-corrected chi connectivity index (χ0v) is 14.7. The summed E-state index contributed by atoms with van der Waals surface area (Å²) < 4.78 is 6.06. The molecule has 2 heterocycles. The number of rotatable bonds is 7. The maximum absolute atomic E-state index is 12.5. The monoisotopic (exact) mass is 352 g/mol. The molecule has 2 rings (SSSR count). The summed E-state index contributed by atoms with van der Waals surface area (Å²) in [4.78, 5) is 41.8. The molecule has 0 fully saturated rings. The summed E-state index contributed by atoms with van der Waals surface area (Å²) >= 11 is 1.46. The predicted octanol–water partition coefficient (Wildman–Crippen LogP) is -0.0464. The number of nitrogens with one attached hydrogen (secondary N) is 2. The van der Waals surface area contributed by atoms with Crippen LogP contribution in [0.15, 0.2) is 11.1 Å². The molecule has 0 radical (unpaired) electrons. The van der Waals surface area contributed by atoms with Crippen molar-refractivity contribution >= 4 is 33.4 Å². The average Bonchev–Trinajstić information content (AvgIpc) is 2.84. The van der Waals surface area contributed by atoms with Gasteiger partial charge in [-0.05, 0) is 19.4 Å². The SMILES string of the molecule is COCCNC(=O)CNC(=O)Cn1cnc2sc(C)c(C)c2c1=O. The Hall–Kier alpha value is -2.26. The topological polar surface area (TPSA) is 102 Å². The number of carbonyl (C=O) groups excluding carboxylic acids is 2. The second kappa shape index (κ2) is 8.02. The van der Waals surface area contributed by atoms with Crippen LogP contribution in [-0.4, -0.2) is 48.2 Å². The summed E-state index contributed by atoms with van der Waals surface area (Å²) in [5.41, 5.74) is 0.640. The summed E-state index contributed by atoms with van der Waals surface area (Å²) in [7, 11) is 1.53. The Balaban J connectivity index is 1.98. The number of fused-ring (bicyclic) bond motifs is 1. The Labute approximate surface area is 142 Å². The molecule has 0 saturated carbocycles. The number of aromatic nitrogens is 2. The number of methoxy groups -OCH3 is 1. The summed E-state index contributed by atoms with van der Waals surface area (Å²) in [5.74, 6) is -0.740. The molecule has 2 amide bonds. The van der Waals surface area contributed by atoms with Crippen molar-refractivity contribution in [3.05, 3.63) is 27.1 Å². The third-order valence-electron chi connectivity index (χ3n) is 3.54. The standard InChI is InChI=1S/C15H20N4O4S/c1-9-10(2)24-14-13(9)15(22)19(8-18-14)7-12(21)17-6-11(20)16-4-5-23-3/h8H,4-7H2,1-3H3,(H,16,20)(H,17,21). The van der Waals surface area contributed by atoms with E-state index in [9.17, 15) is 14.4 Å². The first-order chi connectivity index (χ1) is 11.4. The molecule has 0 aromatic carbocycles. The van der Waals surface area contributed by atoms with Gasteiger partial charge in [0.2, 0.25) is 11.8 Å². The zero-order valence-electron chi connectivity index (χ0n) is 13.8. The highest BCUT2D eigenvalue weighted by molar-refractivity contribution is 7.18. The number of thiophene rings is 1. The lowest BCUT2D eigenvalue weighted by molar-refractivity contribution is -0.126. The number of carbonyl (C=O) groups is 2. The highest BCUT2D eigenvalue weighted by atomic mass is 32.1. The normalized spacial score (nSPS) is 10.8. The van der Waals surface area contributed by atoms with Crippen molar-refractivity contribution in [1.82, 2.24) is 20.2 Å². The number of aryl methyl sites for hydroxylation is 2. The van der Waals surface area contributed by atoms with Crippen molar-refractivity contribution in [2.24, 2.45) is 0 Å². The molecule has 130 valence electrons. The van der Waals surface area contributed by atoms with Gasteiger partial charge < -0.3 is 15.4 Å². The van der Waals surface area contributed by atoms with Gasteiger partial charge in [0.05, 0.1) is 24.9 Å². The molecule has 2 aromatic heterocycles. The maximum atomic E-state index is 12.5. The Morgan fingerprint density at radius 2 is 2.04 bits per heavy atom. The molecule has 8 nitrogen and oxygen atoms in total. The van der Waals surface area contributed by atoms with Crippen molar-refractivity contribution in [3.63, 3.8) is 0 Å². The van der Waals surface area contributed by atoms with E-state index in [0.29, 0.717) is 23.4 Å². The van der Waals surface area contributed by atoms with E-state index >= 15 is 0 Å². The molecule has 0 aliphatic carbocycles. The fourth-order valence-corrected chi connectivity index (χ4v) is 3.11. The summed E-state index contributed by atoms with van der Waals surface area (Å²) in [6.45, 7) is 4.25. The third kappa shape index (κ3) is 4.18. The van der Waals surface area contributed by atoms with Gasteiger partial charge >= 0.3 is 0 Å². The largest absolute Gasteiger partial charge is 0.383 e. The van der Waals surface area contributed by atoms with Crippen molar-refractivity contribution in [1.29, 1.82) is 0 Å². The average molecular weight is 352 g/mol. The molecule has 0 aliphatic heterocycles. The first kappa shape index (κ1) is 18.1. The van der Waals surface area contributed by atoms with Crippen LogP contribution in [-0.2, 0) is 20.9 Å². The van der Waals surface area contributed by atoms with E-state index in [1.54, 1.807) is 0 Å². The van der Waals surface area contributed by atoms with E-state index in [0.717, 1.165) is 10.4 Å². The van der Waals surface area contributed by atoms with Gasteiger partial charge in [0.1, 0.15) is 11.4 Å². The lowest BCUT2D eigenvalue weighted by atomic mass is 10.2. The minimum Gasteiger partial charge on any atom is -0.383 e. The second-order valence-electron chi connectivity index (χ2n) is 5.26. The molecule has 0 aliphatic rings. The predicted molar refractivity (Wildman–Crippen MR) is 91.2 cm³/mol. The van der Waals surface area contributed by atoms with Gasteiger partial charge in [0.25, 0.3) is 5.56 Å². The molecule has 2 N–H and O–H groups in total. The van der Waals surface area contributed by atoms with Gasteiger partial charge in [-0.3, -0.25) is 19.0 Å². The highest BCUT2D eigenvalue weighted by Crippen LogP contribution is 2.25. The summed E-state index contributed by atoms with van der Waals surface area (Å²) in [5, 5.41) is 5.61. The van der Waals surface area contributed by atoms with Gasteiger partial charge in [-0.2, -0.15) is 0 Å². The fourth-order valence-electron chi connectivity index (χ4n) is 2.13. The maximum Gasteiger partial charge on any atom is 0.262 e. The van der Waals surface area contributed by atoms with E-state index in [2.05, 4.69) is 15.6 Å². The van der Waals surface area contributed by atoms with Crippen molar-refractivity contribution in [2.45, 2.75) is 20.4 Å². The van der Waals surface area contributed by atoms with Gasteiger partial charge in [-0.1, -0.05) is 0 Å². The van der Waals surface area contributed by atoms with E-state index in [1.165, 1.54) is 29.3 Å². The fraction of sp³-hybridized carbons (Fsp3) is 0.467. The van der Waals surface area contributed by atoms with E-state index in [1.807, 2.05) is 13.8 Å². The number of hydrogen-bond donors (Lipinski definition) is 2. The van der Waals surface area contributed by atoms with Gasteiger partial charge in [-0.25, -0.2) is 4.98 Å². The molecule has 0 spiro atoms. The minimum absolute atomic E-state index is 0.149. The number of ether oxygens (including phenoxy) is 1. The Bertz CT molecular complexity index is 812. The van der Waals surface area contributed by atoms with Gasteiger partial charge in [0, 0.05) is 18.5 Å². The summed E-state index contributed by atoms with van der Waals surface area (Å²) in [6, 6.07) is 0. The van der Waals surface area contributed by atoms with Gasteiger partial charge in [0.15, 0.2) is 0 Å². The second-order valence-corrected chi connectivity index (χ2v) is 6.46. The van der Waals surface area contributed by atoms with Crippen molar-refractivity contribution in [2.75, 3.05) is 26.8 Å². The van der Waals surface area contributed by atoms with Crippen LogP contribution in [0, 0.1) is 13.8 Å². The van der Waals surface area contributed by atoms with Crippen LogP contribution in [0.3, 0.4) is 0 Å². The minimum atomic E-state index is -0.426. The van der Waals surface area contributed by atoms with Crippen LogP contribution in [0.2, 0.25) is 0 Å². The van der Waals surface area contributed by atoms with Crippen LogP contribution in [0.25, 0.3) is 10.2 Å². The van der Waals surface area contributed by atoms with Crippen LogP contribution in [0.1, 0.15) is 10.4 Å². The molecule has 0 saturated heterocycles. The molecular weight excluding hydrogens is 332 g/mol. The molecule has 0 bridgehead atoms. The first-order valence-corrected chi connectivity index (χ1v) is 8.23. The third-order valence-corrected chi connectivity index (χ3v) is 4.66. The molecule has 0 atom stereocenters. The quantitative estimate of drug-likeness (QED) is 0.681. The Kier molecular flexibility index (Phi) is 6.04. The van der Waals surface area contributed by atoms with Crippen LogP contribution < -0.4 is 16.2 Å². The van der Waals surface area contributed by atoms with E-state index < -0.39 is 5.91 Å². The Morgan fingerprint density at radius 1 is 1.29 bits per heavy atom. The number of nitrogens with zero attached hydrogens (tertiary/aromatic N) is 2. The smallest absolute Gasteiger partial charge is 0.262 e. The Morgan fingerprint density at radius 3 is 2.75 bits per heavy atom. The number of amides is 2. The van der Waals surface area contributed by atoms with Crippen molar-refractivity contribution in [3.8, 4) is 0 Å². The zero-order chi connectivity index (χ0) is 17.7. The molecule has 9 heteroatoms. The lowest BCUT2D eigenvalue weighted by Gasteiger charge is -2.08. The molecular formula is C15H20N4O4S. The highest BCUT2D eigenvalue weighted by Gasteiger charge is 2.14. The summed E-state index contributed by atoms with van der Waals surface area (Å²) in [6.07, 6.45) is 1.36. The number of hydrogen-bond acceptors (Lipinski definition) is 6. The molecule has 0 unspecified atom stereocenters. The first-order valence-electron chi connectivity index (χ1n) is 7.41.